The Hall–Kier alpha value is -1.86. The number of piperazine rings is 1. The maximum atomic E-state index is 12.2. The number of nitrogens with zero attached hydrogens (tertiary/aromatic N) is 2. The highest BCUT2D eigenvalue weighted by Gasteiger charge is 2.34. The van der Waals surface area contributed by atoms with Crippen LogP contribution in [-0.4, -0.2) is 29.4 Å². The van der Waals surface area contributed by atoms with Crippen molar-refractivity contribution in [1.29, 1.82) is 5.26 Å². The minimum Gasteiger partial charge on any atom is -0.336 e. The zero-order valence-corrected chi connectivity index (χ0v) is 10.7. The summed E-state index contributed by atoms with van der Waals surface area (Å²) in [5, 5.41) is 12.1. The van der Waals surface area contributed by atoms with E-state index < -0.39 is 5.54 Å². The second kappa shape index (κ2) is 4.79. The Morgan fingerprint density at radius 3 is 3.00 bits per heavy atom. The Balaban J connectivity index is 2.14. The molecule has 1 aromatic rings. The third-order valence-corrected chi connectivity index (χ3v) is 3.20. The van der Waals surface area contributed by atoms with Gasteiger partial charge in [-0.3, -0.25) is 4.79 Å². The van der Waals surface area contributed by atoms with E-state index in [9.17, 15) is 4.79 Å². The largest absolute Gasteiger partial charge is 0.336 e. The summed E-state index contributed by atoms with van der Waals surface area (Å²) in [7, 11) is 0. The van der Waals surface area contributed by atoms with Gasteiger partial charge in [0.05, 0.1) is 17.2 Å². The fourth-order valence-corrected chi connectivity index (χ4v) is 2.19. The predicted molar refractivity (Wildman–Crippen MR) is 68.7 cm³/mol. The van der Waals surface area contributed by atoms with E-state index >= 15 is 0 Å². The highest BCUT2D eigenvalue weighted by Crippen LogP contribution is 2.16. The van der Waals surface area contributed by atoms with Crippen molar-refractivity contribution < 1.29 is 4.79 Å². The maximum absolute atomic E-state index is 12.2. The molecule has 0 bridgehead atoms. The van der Waals surface area contributed by atoms with Gasteiger partial charge in [0.15, 0.2) is 0 Å². The molecule has 0 aromatic heterocycles. The SMILES string of the molecule is CC1(C)NCCN(Cc2cccc(C#N)c2)C1=O. The van der Waals surface area contributed by atoms with Gasteiger partial charge in [0.25, 0.3) is 0 Å². The molecule has 0 saturated carbocycles. The van der Waals surface area contributed by atoms with E-state index in [-0.39, 0.29) is 5.91 Å². The number of rotatable bonds is 2. The van der Waals surface area contributed by atoms with Crippen LogP contribution in [0.5, 0.6) is 0 Å². The van der Waals surface area contributed by atoms with Crippen LogP contribution in [0.1, 0.15) is 25.0 Å². The summed E-state index contributed by atoms with van der Waals surface area (Å²) in [6.45, 7) is 5.87. The van der Waals surface area contributed by atoms with Gasteiger partial charge in [-0.2, -0.15) is 5.26 Å². The lowest BCUT2D eigenvalue weighted by Gasteiger charge is -2.38. The molecule has 18 heavy (non-hydrogen) atoms. The Bertz CT molecular complexity index is 502. The molecule has 0 aliphatic carbocycles. The van der Waals surface area contributed by atoms with Crippen molar-refractivity contribution in [1.82, 2.24) is 10.2 Å². The molecule has 1 fully saturated rings. The van der Waals surface area contributed by atoms with Crippen LogP contribution in [0.3, 0.4) is 0 Å². The minimum atomic E-state index is -0.495. The Morgan fingerprint density at radius 1 is 1.50 bits per heavy atom. The van der Waals surface area contributed by atoms with Gasteiger partial charge in [0, 0.05) is 19.6 Å². The van der Waals surface area contributed by atoms with Crippen molar-refractivity contribution in [3.63, 3.8) is 0 Å². The molecule has 1 aromatic carbocycles. The van der Waals surface area contributed by atoms with Crippen molar-refractivity contribution in [2.24, 2.45) is 0 Å². The summed E-state index contributed by atoms with van der Waals surface area (Å²) >= 11 is 0. The summed E-state index contributed by atoms with van der Waals surface area (Å²) in [4.78, 5) is 14.0. The number of carbonyl (C=O) groups is 1. The lowest BCUT2D eigenvalue weighted by atomic mass is 10.00. The third-order valence-electron chi connectivity index (χ3n) is 3.20. The van der Waals surface area contributed by atoms with Crippen LogP contribution in [0, 0.1) is 11.3 Å². The summed E-state index contributed by atoms with van der Waals surface area (Å²) in [5.41, 5.74) is 1.14. The quantitative estimate of drug-likeness (QED) is 0.851. The first-order chi connectivity index (χ1) is 8.53. The molecule has 1 aliphatic heterocycles. The number of hydrogen-bond acceptors (Lipinski definition) is 3. The Morgan fingerprint density at radius 2 is 2.28 bits per heavy atom. The molecule has 94 valence electrons. The fraction of sp³-hybridized carbons (Fsp3) is 0.429. The van der Waals surface area contributed by atoms with Gasteiger partial charge in [-0.05, 0) is 31.5 Å². The molecular formula is C14H17N3O. The summed E-state index contributed by atoms with van der Waals surface area (Å²) in [5.74, 6) is 0.108. The van der Waals surface area contributed by atoms with E-state index in [1.54, 1.807) is 6.07 Å². The first-order valence-electron chi connectivity index (χ1n) is 6.06. The fourth-order valence-electron chi connectivity index (χ4n) is 2.19. The number of hydrogen-bond donors (Lipinski definition) is 1. The summed E-state index contributed by atoms with van der Waals surface area (Å²) < 4.78 is 0. The predicted octanol–water partition coefficient (Wildman–Crippen LogP) is 1.27. The lowest BCUT2D eigenvalue weighted by molar-refractivity contribution is -0.140. The molecule has 1 N–H and O–H groups in total. The molecule has 0 atom stereocenters. The zero-order valence-electron chi connectivity index (χ0n) is 10.7. The van der Waals surface area contributed by atoms with E-state index in [0.717, 1.165) is 12.1 Å². The first kappa shape index (κ1) is 12.6. The van der Waals surface area contributed by atoms with Gasteiger partial charge in [-0.15, -0.1) is 0 Å². The average molecular weight is 243 g/mol. The number of nitriles is 1. The molecule has 1 heterocycles. The van der Waals surface area contributed by atoms with Crippen molar-refractivity contribution in [2.75, 3.05) is 13.1 Å². The molecule has 0 unspecified atom stereocenters. The molecule has 0 radical (unpaired) electrons. The van der Waals surface area contributed by atoms with Crippen LogP contribution < -0.4 is 5.32 Å². The molecule has 4 heteroatoms. The number of nitrogens with one attached hydrogen (secondary N) is 1. The van der Waals surface area contributed by atoms with Gasteiger partial charge in [-0.1, -0.05) is 12.1 Å². The zero-order chi connectivity index (χ0) is 13.2. The topological polar surface area (TPSA) is 56.1 Å². The van der Waals surface area contributed by atoms with E-state index in [2.05, 4.69) is 11.4 Å². The maximum Gasteiger partial charge on any atom is 0.242 e. The second-order valence-electron chi connectivity index (χ2n) is 5.09. The van der Waals surface area contributed by atoms with Crippen LogP contribution in [0.4, 0.5) is 0 Å². The monoisotopic (exact) mass is 243 g/mol. The van der Waals surface area contributed by atoms with Crippen molar-refractivity contribution in [3.05, 3.63) is 35.4 Å². The van der Waals surface area contributed by atoms with Crippen LogP contribution in [0.15, 0.2) is 24.3 Å². The van der Waals surface area contributed by atoms with Crippen molar-refractivity contribution in [3.8, 4) is 6.07 Å². The Labute approximate surface area is 107 Å². The summed E-state index contributed by atoms with van der Waals surface area (Å²) in [6.07, 6.45) is 0. The van der Waals surface area contributed by atoms with E-state index in [4.69, 9.17) is 5.26 Å². The molecule has 1 aliphatic rings. The standard InChI is InChI=1S/C14H17N3O/c1-14(2)13(18)17(7-6-16-14)10-12-5-3-4-11(8-12)9-15/h3-5,8,16H,6-7,10H2,1-2H3. The number of benzene rings is 1. The molecule has 1 amide bonds. The van der Waals surface area contributed by atoms with Gasteiger partial charge in [0.2, 0.25) is 5.91 Å². The third kappa shape index (κ3) is 2.52. The summed E-state index contributed by atoms with van der Waals surface area (Å²) in [6, 6.07) is 9.52. The van der Waals surface area contributed by atoms with Gasteiger partial charge >= 0.3 is 0 Å². The van der Waals surface area contributed by atoms with Crippen LogP contribution >= 0.6 is 0 Å². The molecule has 4 nitrogen and oxygen atoms in total. The van der Waals surface area contributed by atoms with E-state index in [1.165, 1.54) is 0 Å². The first-order valence-corrected chi connectivity index (χ1v) is 6.06. The minimum absolute atomic E-state index is 0.108. The van der Waals surface area contributed by atoms with Gasteiger partial charge in [0.1, 0.15) is 0 Å². The average Bonchev–Trinajstić information content (AvgIpc) is 2.35. The van der Waals surface area contributed by atoms with E-state index in [1.807, 2.05) is 36.9 Å². The van der Waals surface area contributed by atoms with Crippen molar-refractivity contribution >= 4 is 5.91 Å². The molecule has 0 spiro atoms. The van der Waals surface area contributed by atoms with E-state index in [0.29, 0.717) is 18.7 Å². The highest BCUT2D eigenvalue weighted by molar-refractivity contribution is 5.86. The lowest BCUT2D eigenvalue weighted by Crippen LogP contribution is -2.60. The van der Waals surface area contributed by atoms with Gasteiger partial charge in [-0.25, -0.2) is 0 Å². The number of amides is 1. The normalized spacial score (nSPS) is 18.5. The molecule has 2 rings (SSSR count). The highest BCUT2D eigenvalue weighted by atomic mass is 16.2. The Kier molecular flexibility index (Phi) is 3.35. The van der Waals surface area contributed by atoms with Crippen molar-refractivity contribution in [2.45, 2.75) is 25.9 Å². The van der Waals surface area contributed by atoms with Gasteiger partial charge < -0.3 is 10.2 Å². The van der Waals surface area contributed by atoms with Crippen LogP contribution in [0.2, 0.25) is 0 Å². The molecular weight excluding hydrogens is 226 g/mol. The number of carbonyl (C=O) groups excluding carboxylic acids is 1. The smallest absolute Gasteiger partial charge is 0.242 e. The second-order valence-corrected chi connectivity index (χ2v) is 5.09. The van der Waals surface area contributed by atoms with Crippen LogP contribution in [0.25, 0.3) is 0 Å². The van der Waals surface area contributed by atoms with Crippen LogP contribution in [-0.2, 0) is 11.3 Å². The molecule has 1 saturated heterocycles.